The summed E-state index contributed by atoms with van der Waals surface area (Å²) < 4.78 is 0. The lowest BCUT2D eigenvalue weighted by atomic mass is 10.2. The van der Waals surface area contributed by atoms with Gasteiger partial charge in [0.15, 0.2) is 0 Å². The molecule has 0 aliphatic heterocycles. The molecule has 2 heterocycles. The maximum atomic E-state index is 11.7. The second-order valence-electron chi connectivity index (χ2n) is 7.83. The molecule has 0 atom stereocenters. The molecule has 0 aliphatic carbocycles. The number of nitrogens with one attached hydrogen (secondary N) is 2. The number of hydrogen-bond donors (Lipinski definition) is 3. The van der Waals surface area contributed by atoms with Crippen LogP contribution in [0.4, 0.5) is 28.1 Å². The Hall–Kier alpha value is -4.37. The number of urea groups is 1. The van der Waals surface area contributed by atoms with Gasteiger partial charge in [0, 0.05) is 17.1 Å². The number of carbonyl (C=O) groups is 1. The lowest BCUT2D eigenvalue weighted by Gasteiger charge is -2.07. The largest absolute Gasteiger partial charge is 0.368 e. The molecule has 0 bridgehead atoms. The van der Waals surface area contributed by atoms with Gasteiger partial charge in [-0.15, -0.1) is 0 Å². The maximum Gasteiger partial charge on any atom is 0.326 e. The number of nitrogens with two attached hydrogens (primary N) is 1. The Labute approximate surface area is 230 Å². The lowest BCUT2D eigenvalue weighted by molar-refractivity contribution is 0.262. The molecule has 4 rings (SSSR count). The molecule has 12 heteroatoms. The molecule has 2 aromatic carbocycles. The fourth-order valence-corrected chi connectivity index (χ4v) is 3.19. The summed E-state index contributed by atoms with van der Waals surface area (Å²) >= 11 is 11.3. The molecule has 0 saturated carbocycles. The van der Waals surface area contributed by atoms with Crippen molar-refractivity contribution < 1.29 is 9.59 Å². The highest BCUT2D eigenvalue weighted by Gasteiger charge is 2.06. The van der Waals surface area contributed by atoms with Gasteiger partial charge in [0.2, 0.25) is 18.0 Å². The monoisotopic (exact) mass is 552 g/mol. The second-order valence-corrected chi connectivity index (χ2v) is 8.60. The molecule has 4 N–H and O–H groups in total. The van der Waals surface area contributed by atoms with E-state index in [-0.39, 0.29) is 17.0 Å². The molecule has 2 aromatic heterocycles. The van der Waals surface area contributed by atoms with Gasteiger partial charge in [-0.25, -0.2) is 29.5 Å². The average Bonchev–Trinajstić information content (AvgIpc) is 2.81. The number of aliphatic imine (C=N–C) groups is 1. The number of hydrogen-bond acceptors (Lipinski definition) is 8. The number of anilines is 3. The van der Waals surface area contributed by atoms with Crippen molar-refractivity contribution in [3.05, 3.63) is 93.5 Å². The van der Waals surface area contributed by atoms with E-state index < -0.39 is 6.03 Å². The number of carbonyl (C=O) groups excluding carboxylic acids is 2. The average molecular weight is 553 g/mol. The van der Waals surface area contributed by atoms with Crippen LogP contribution in [0.25, 0.3) is 0 Å². The predicted molar refractivity (Wildman–Crippen MR) is 151 cm³/mol. The molecular formula is C26H26Cl2N8O2. The smallest absolute Gasteiger partial charge is 0.326 e. The summed E-state index contributed by atoms with van der Waals surface area (Å²) in [7, 11) is 0. The highest BCUT2D eigenvalue weighted by atomic mass is 35.5. The number of nitrogens with zero attached hydrogens (tertiary/aromatic N) is 5. The van der Waals surface area contributed by atoms with Crippen LogP contribution >= 0.6 is 23.2 Å². The first-order chi connectivity index (χ1) is 18.0. The Morgan fingerprint density at radius 1 is 0.789 bits per heavy atom. The second kappa shape index (κ2) is 15.0. The Morgan fingerprint density at radius 2 is 1.32 bits per heavy atom. The SMILES string of the molecule is Cc1cc(Cl)nc(N)n1.Cc1ccc(N=C=O)cc1.Cc1ccc(NC(=O)Nc2nc(C)cc(Cl)n2)cc1. The van der Waals surface area contributed by atoms with Crippen molar-refractivity contribution in [2.24, 2.45) is 4.99 Å². The molecule has 2 amide bonds. The summed E-state index contributed by atoms with van der Waals surface area (Å²) in [4.78, 5) is 40.4. The number of nitrogen functional groups attached to an aromatic ring is 1. The van der Waals surface area contributed by atoms with E-state index in [9.17, 15) is 9.59 Å². The number of rotatable bonds is 3. The van der Waals surface area contributed by atoms with Crippen LogP contribution in [-0.4, -0.2) is 32.0 Å². The van der Waals surface area contributed by atoms with Crippen LogP contribution in [0.1, 0.15) is 22.5 Å². The van der Waals surface area contributed by atoms with E-state index in [2.05, 4.69) is 35.6 Å². The van der Waals surface area contributed by atoms with Crippen LogP contribution in [0.15, 0.2) is 65.7 Å². The number of halogens is 2. The normalized spacial score (nSPS) is 9.53. The van der Waals surface area contributed by atoms with Gasteiger partial charge in [-0.3, -0.25) is 5.32 Å². The quantitative estimate of drug-likeness (QED) is 0.152. The molecule has 4 aromatic rings. The zero-order valence-corrected chi connectivity index (χ0v) is 22.7. The van der Waals surface area contributed by atoms with Crippen molar-refractivity contribution in [2.75, 3.05) is 16.4 Å². The van der Waals surface area contributed by atoms with E-state index in [1.54, 1.807) is 31.2 Å². The zero-order chi connectivity index (χ0) is 28.1. The van der Waals surface area contributed by atoms with Crippen LogP contribution in [0.2, 0.25) is 10.3 Å². The number of isocyanates is 1. The van der Waals surface area contributed by atoms with Crippen molar-refractivity contribution in [1.29, 1.82) is 0 Å². The zero-order valence-electron chi connectivity index (χ0n) is 21.2. The Bertz CT molecular complexity index is 1340. The van der Waals surface area contributed by atoms with Crippen molar-refractivity contribution in [3.8, 4) is 0 Å². The third-order valence-corrected chi connectivity index (χ3v) is 4.79. The van der Waals surface area contributed by atoms with E-state index in [1.807, 2.05) is 57.2 Å². The molecule has 0 unspecified atom stereocenters. The van der Waals surface area contributed by atoms with Gasteiger partial charge in [-0.2, -0.15) is 4.99 Å². The highest BCUT2D eigenvalue weighted by molar-refractivity contribution is 6.29. The van der Waals surface area contributed by atoms with Gasteiger partial charge < -0.3 is 11.1 Å². The van der Waals surface area contributed by atoms with Gasteiger partial charge in [0.25, 0.3) is 0 Å². The number of aryl methyl sites for hydroxylation is 4. The van der Waals surface area contributed by atoms with Crippen molar-refractivity contribution >= 4 is 58.6 Å². The minimum absolute atomic E-state index is 0.176. The van der Waals surface area contributed by atoms with Gasteiger partial charge in [-0.05, 0) is 64.1 Å². The molecule has 196 valence electrons. The fraction of sp³-hybridized carbons (Fsp3) is 0.154. The number of amides is 2. The van der Waals surface area contributed by atoms with E-state index >= 15 is 0 Å². The molecule has 0 saturated heterocycles. The van der Waals surface area contributed by atoms with Gasteiger partial charge in [-0.1, -0.05) is 58.6 Å². The topological polar surface area (TPSA) is 148 Å². The Morgan fingerprint density at radius 3 is 1.82 bits per heavy atom. The molecule has 38 heavy (non-hydrogen) atoms. The number of benzene rings is 2. The summed E-state index contributed by atoms with van der Waals surface area (Å²) in [5.41, 5.74) is 10.4. The van der Waals surface area contributed by atoms with Crippen LogP contribution in [-0.2, 0) is 4.79 Å². The first-order valence-corrected chi connectivity index (χ1v) is 11.9. The third kappa shape index (κ3) is 11.6. The van der Waals surface area contributed by atoms with Crippen molar-refractivity contribution in [1.82, 2.24) is 19.9 Å². The van der Waals surface area contributed by atoms with Crippen LogP contribution < -0.4 is 16.4 Å². The number of aromatic nitrogens is 4. The van der Waals surface area contributed by atoms with E-state index in [0.29, 0.717) is 22.2 Å². The first kappa shape index (κ1) is 29.9. The van der Waals surface area contributed by atoms with Crippen LogP contribution in [0, 0.1) is 27.7 Å². The van der Waals surface area contributed by atoms with E-state index in [4.69, 9.17) is 28.9 Å². The molecule has 10 nitrogen and oxygen atoms in total. The van der Waals surface area contributed by atoms with Gasteiger partial charge in [0.1, 0.15) is 10.3 Å². The standard InChI is InChI=1S/C13H13ClN4O.C8H7NO.C5H6ClN3/c1-8-3-5-10(6-4-8)16-13(19)18-12-15-9(2)7-11(14)17-12;1-7-2-4-8(5-3-7)9-6-10;1-3-2-4(6)9-5(7)8-3/h3-7H,1-2H3,(H2,15,16,17,18,19);2-5H,1H3;2H,1H3,(H2,7,8,9). The molecule has 0 fully saturated rings. The molecular weight excluding hydrogens is 527 g/mol. The Kier molecular flexibility index (Phi) is 11.8. The van der Waals surface area contributed by atoms with Crippen molar-refractivity contribution in [3.63, 3.8) is 0 Å². The Balaban J connectivity index is 0.000000224. The molecule has 0 radical (unpaired) electrons. The van der Waals surface area contributed by atoms with E-state index in [0.717, 1.165) is 16.8 Å². The summed E-state index contributed by atoms with van der Waals surface area (Å²) in [6, 6.07) is 17.7. The highest BCUT2D eigenvalue weighted by Crippen LogP contribution is 2.12. The van der Waals surface area contributed by atoms with Crippen LogP contribution in [0.5, 0.6) is 0 Å². The molecule has 0 spiro atoms. The summed E-state index contributed by atoms with van der Waals surface area (Å²) in [6.07, 6.45) is 1.48. The van der Waals surface area contributed by atoms with Crippen LogP contribution in [0.3, 0.4) is 0 Å². The van der Waals surface area contributed by atoms with Gasteiger partial charge >= 0.3 is 6.03 Å². The predicted octanol–water partition coefficient (Wildman–Crippen LogP) is 6.37. The lowest BCUT2D eigenvalue weighted by Crippen LogP contribution is -2.21. The summed E-state index contributed by atoms with van der Waals surface area (Å²) in [5.74, 6) is 0.398. The van der Waals surface area contributed by atoms with E-state index in [1.165, 1.54) is 6.08 Å². The third-order valence-electron chi connectivity index (χ3n) is 4.41. The fourth-order valence-electron chi connectivity index (χ4n) is 2.71. The minimum Gasteiger partial charge on any atom is -0.368 e. The summed E-state index contributed by atoms with van der Waals surface area (Å²) in [6.45, 7) is 7.54. The molecule has 0 aliphatic rings. The minimum atomic E-state index is -0.412. The van der Waals surface area contributed by atoms with Gasteiger partial charge in [0.05, 0.1) is 5.69 Å². The maximum absolute atomic E-state index is 11.7. The summed E-state index contributed by atoms with van der Waals surface area (Å²) in [5, 5.41) is 5.89. The first-order valence-electron chi connectivity index (χ1n) is 11.1. The van der Waals surface area contributed by atoms with Crippen molar-refractivity contribution in [2.45, 2.75) is 27.7 Å².